The highest BCUT2D eigenvalue weighted by atomic mass is 79.9. The summed E-state index contributed by atoms with van der Waals surface area (Å²) in [5.74, 6) is -1.34. The predicted molar refractivity (Wildman–Crippen MR) is 80.3 cm³/mol. The van der Waals surface area contributed by atoms with Crippen molar-refractivity contribution in [2.45, 2.75) is 31.6 Å². The fourth-order valence-electron chi connectivity index (χ4n) is 3.52. The highest BCUT2D eigenvalue weighted by molar-refractivity contribution is 9.10. The number of carbonyl (C=O) groups excluding carboxylic acids is 2. The Hall–Kier alpha value is -1.76. The van der Waals surface area contributed by atoms with Gasteiger partial charge in [-0.3, -0.25) is 19.7 Å². The summed E-state index contributed by atoms with van der Waals surface area (Å²) in [5.41, 5.74) is -0.847. The van der Waals surface area contributed by atoms with Crippen molar-refractivity contribution in [3.05, 3.63) is 38.3 Å². The van der Waals surface area contributed by atoms with Gasteiger partial charge in [-0.2, -0.15) is 0 Å². The number of benzene rings is 1. The molecule has 0 N–H and O–H groups in total. The summed E-state index contributed by atoms with van der Waals surface area (Å²) >= 11 is 3.33. The predicted octanol–water partition coefficient (Wildman–Crippen LogP) is 2.86. The van der Waals surface area contributed by atoms with Crippen molar-refractivity contribution in [1.82, 2.24) is 0 Å². The lowest BCUT2D eigenvalue weighted by atomic mass is 9.61. The zero-order valence-electron chi connectivity index (χ0n) is 11.7. The number of esters is 1. The Labute approximate surface area is 135 Å². The lowest BCUT2D eigenvalue weighted by molar-refractivity contribution is -0.485. The smallest absolute Gasteiger partial charge is 0.325 e. The Morgan fingerprint density at radius 3 is 2.82 bits per heavy atom. The number of nitro groups is 1. The van der Waals surface area contributed by atoms with E-state index in [1.54, 1.807) is 18.2 Å². The fourth-order valence-corrected chi connectivity index (χ4v) is 3.90. The van der Waals surface area contributed by atoms with Crippen molar-refractivity contribution in [1.29, 1.82) is 0 Å². The Morgan fingerprint density at radius 2 is 2.14 bits per heavy atom. The molecule has 6 nitrogen and oxygen atoms in total. The minimum absolute atomic E-state index is 0.235. The van der Waals surface area contributed by atoms with E-state index in [0.717, 1.165) is 4.47 Å². The summed E-state index contributed by atoms with van der Waals surface area (Å²) < 4.78 is 6.09. The van der Waals surface area contributed by atoms with Crippen molar-refractivity contribution in [2.75, 3.05) is 6.54 Å². The second-order valence-corrected chi connectivity index (χ2v) is 6.66. The SMILES string of the molecule is O=C1CCCC[C@@]12C(=O)Oc1ccc(Br)cc1[C@H]2C[N+](=O)[O-]. The lowest BCUT2D eigenvalue weighted by Gasteiger charge is -2.41. The van der Waals surface area contributed by atoms with Gasteiger partial charge in [-0.25, -0.2) is 0 Å². The van der Waals surface area contributed by atoms with Crippen LogP contribution in [0.2, 0.25) is 0 Å². The largest absolute Gasteiger partial charge is 0.425 e. The van der Waals surface area contributed by atoms with Gasteiger partial charge in [0.1, 0.15) is 11.2 Å². The van der Waals surface area contributed by atoms with E-state index in [4.69, 9.17) is 4.74 Å². The molecule has 22 heavy (non-hydrogen) atoms. The van der Waals surface area contributed by atoms with Gasteiger partial charge in [-0.05, 0) is 31.0 Å². The standard InChI is InChI=1S/C15H14BrNO5/c16-9-4-5-12-10(7-9)11(8-17(20)21)15(14(19)22-12)6-2-1-3-13(15)18/h4-5,7,11H,1-3,6,8H2/t11-,15+/m1/s1. The van der Waals surface area contributed by atoms with Crippen LogP contribution in [0.15, 0.2) is 22.7 Å². The Kier molecular flexibility index (Phi) is 3.76. The molecular weight excluding hydrogens is 354 g/mol. The van der Waals surface area contributed by atoms with Gasteiger partial charge in [-0.15, -0.1) is 0 Å². The molecule has 0 bridgehead atoms. The maximum absolute atomic E-state index is 12.5. The van der Waals surface area contributed by atoms with Crippen LogP contribution in [0.25, 0.3) is 0 Å². The third-order valence-electron chi connectivity index (χ3n) is 4.56. The van der Waals surface area contributed by atoms with Crippen molar-refractivity contribution >= 4 is 27.7 Å². The van der Waals surface area contributed by atoms with E-state index in [1.807, 2.05) is 0 Å². The molecule has 1 aromatic rings. The second-order valence-electron chi connectivity index (χ2n) is 5.74. The van der Waals surface area contributed by atoms with Gasteiger partial charge < -0.3 is 4.74 Å². The first-order valence-electron chi connectivity index (χ1n) is 7.12. The molecule has 0 unspecified atom stereocenters. The van der Waals surface area contributed by atoms with Crippen LogP contribution in [0, 0.1) is 15.5 Å². The number of nitrogens with zero attached hydrogens (tertiary/aromatic N) is 1. The van der Waals surface area contributed by atoms with Crippen LogP contribution in [0.1, 0.15) is 37.2 Å². The van der Waals surface area contributed by atoms with Crippen LogP contribution in [0.5, 0.6) is 5.75 Å². The highest BCUT2D eigenvalue weighted by Crippen LogP contribution is 2.52. The minimum Gasteiger partial charge on any atom is -0.425 e. The average Bonchev–Trinajstić information content (AvgIpc) is 2.46. The number of ketones is 1. The van der Waals surface area contributed by atoms with Crippen molar-refractivity contribution in [3.63, 3.8) is 0 Å². The molecule has 0 aromatic heterocycles. The second kappa shape index (κ2) is 5.46. The normalized spacial score (nSPS) is 27.4. The van der Waals surface area contributed by atoms with E-state index in [1.165, 1.54) is 0 Å². The number of Topliss-reactive ketones (excluding diaryl/α,β-unsaturated/α-hetero) is 1. The van der Waals surface area contributed by atoms with Crippen LogP contribution in [0.4, 0.5) is 0 Å². The number of fused-ring (bicyclic) bond motifs is 1. The molecule has 7 heteroatoms. The first-order chi connectivity index (χ1) is 10.4. The number of carbonyl (C=O) groups is 2. The summed E-state index contributed by atoms with van der Waals surface area (Å²) in [6, 6.07) is 5.01. The molecule has 3 rings (SSSR count). The minimum atomic E-state index is -1.40. The van der Waals surface area contributed by atoms with E-state index in [0.29, 0.717) is 30.6 Å². The zero-order chi connectivity index (χ0) is 15.9. The average molecular weight is 368 g/mol. The van der Waals surface area contributed by atoms with Crippen LogP contribution in [-0.4, -0.2) is 23.2 Å². The van der Waals surface area contributed by atoms with E-state index in [9.17, 15) is 19.7 Å². The molecule has 1 fully saturated rings. The van der Waals surface area contributed by atoms with Gasteiger partial charge in [0.2, 0.25) is 6.54 Å². The Morgan fingerprint density at radius 1 is 1.36 bits per heavy atom. The number of halogens is 1. The highest BCUT2D eigenvalue weighted by Gasteiger charge is 2.59. The van der Waals surface area contributed by atoms with Crippen molar-refractivity contribution < 1.29 is 19.2 Å². The zero-order valence-corrected chi connectivity index (χ0v) is 13.3. The Balaban J connectivity index is 2.18. The molecule has 116 valence electrons. The molecule has 1 spiro atoms. The number of hydrogen-bond acceptors (Lipinski definition) is 5. The molecule has 1 saturated carbocycles. The molecule has 2 atom stereocenters. The summed E-state index contributed by atoms with van der Waals surface area (Å²) in [6.07, 6.45) is 1.99. The van der Waals surface area contributed by atoms with Crippen molar-refractivity contribution in [2.24, 2.45) is 5.41 Å². The van der Waals surface area contributed by atoms with Gasteiger partial charge in [-0.1, -0.05) is 22.4 Å². The molecule has 0 saturated heterocycles. The topological polar surface area (TPSA) is 86.5 Å². The molecule has 1 heterocycles. The molecule has 0 amide bonds. The summed E-state index contributed by atoms with van der Waals surface area (Å²) in [5, 5.41) is 11.1. The number of rotatable bonds is 2. The monoisotopic (exact) mass is 367 g/mol. The Bertz CT molecular complexity index is 674. The van der Waals surface area contributed by atoms with E-state index in [-0.39, 0.29) is 12.2 Å². The molecular formula is C15H14BrNO5. The number of hydrogen-bond donors (Lipinski definition) is 0. The molecule has 1 aliphatic carbocycles. The quantitative estimate of drug-likeness (QED) is 0.263. The van der Waals surface area contributed by atoms with Crippen LogP contribution in [-0.2, 0) is 9.59 Å². The van der Waals surface area contributed by atoms with Crippen molar-refractivity contribution in [3.8, 4) is 5.75 Å². The first-order valence-corrected chi connectivity index (χ1v) is 7.91. The van der Waals surface area contributed by atoms with E-state index in [2.05, 4.69) is 15.9 Å². The summed E-state index contributed by atoms with van der Waals surface area (Å²) in [4.78, 5) is 35.7. The van der Waals surface area contributed by atoms with Crippen LogP contribution < -0.4 is 4.74 Å². The van der Waals surface area contributed by atoms with Gasteiger partial charge in [0.05, 0.1) is 5.92 Å². The molecule has 1 aliphatic heterocycles. The van der Waals surface area contributed by atoms with Crippen LogP contribution in [0.3, 0.4) is 0 Å². The van der Waals surface area contributed by atoms with Gasteiger partial charge in [0.25, 0.3) is 0 Å². The van der Waals surface area contributed by atoms with Gasteiger partial charge in [0, 0.05) is 21.4 Å². The molecule has 0 radical (unpaired) electrons. The van der Waals surface area contributed by atoms with E-state index >= 15 is 0 Å². The van der Waals surface area contributed by atoms with Gasteiger partial charge in [0.15, 0.2) is 5.78 Å². The molecule has 1 aromatic carbocycles. The summed E-state index contributed by atoms with van der Waals surface area (Å²) in [7, 11) is 0. The molecule has 2 aliphatic rings. The van der Waals surface area contributed by atoms with Gasteiger partial charge >= 0.3 is 5.97 Å². The number of ether oxygens (including phenoxy) is 1. The maximum Gasteiger partial charge on any atom is 0.325 e. The third-order valence-corrected chi connectivity index (χ3v) is 5.06. The third kappa shape index (κ3) is 2.24. The summed E-state index contributed by atoms with van der Waals surface area (Å²) in [6.45, 7) is -0.454. The fraction of sp³-hybridized carbons (Fsp3) is 0.467. The lowest BCUT2D eigenvalue weighted by Crippen LogP contribution is -2.52. The maximum atomic E-state index is 12.5. The van der Waals surface area contributed by atoms with E-state index < -0.39 is 28.8 Å². The first kappa shape index (κ1) is 15.1. The van der Waals surface area contributed by atoms with Crippen LogP contribution >= 0.6 is 15.9 Å².